The van der Waals surface area contributed by atoms with Gasteiger partial charge in [0.1, 0.15) is 0 Å². The van der Waals surface area contributed by atoms with Gasteiger partial charge in [0.15, 0.2) is 0 Å². The van der Waals surface area contributed by atoms with Gasteiger partial charge in [0.25, 0.3) is 0 Å². The fourth-order valence-electron chi connectivity index (χ4n) is 2.12. The summed E-state index contributed by atoms with van der Waals surface area (Å²) in [4.78, 5) is 0. The van der Waals surface area contributed by atoms with Crippen LogP contribution in [-0.2, 0) is 5.60 Å². The quantitative estimate of drug-likeness (QED) is 0.805. The summed E-state index contributed by atoms with van der Waals surface area (Å²) in [5.74, 6) is -5.04. The molecule has 0 aliphatic rings. The molecule has 20 heavy (non-hydrogen) atoms. The first kappa shape index (κ1) is 16.9. The molecule has 0 heterocycles. The van der Waals surface area contributed by atoms with Crippen molar-refractivity contribution in [1.82, 2.24) is 0 Å². The number of benzene rings is 1. The zero-order valence-corrected chi connectivity index (χ0v) is 11.4. The number of hydrogen-bond acceptors (Lipinski definition) is 1. The lowest BCUT2D eigenvalue weighted by molar-refractivity contribution is -0.297. The van der Waals surface area contributed by atoms with E-state index in [0.29, 0.717) is 5.56 Å². The second kappa shape index (κ2) is 5.31. The summed E-state index contributed by atoms with van der Waals surface area (Å²) in [6, 6.07) is 6.14. The number of aliphatic hydroxyl groups is 1. The summed E-state index contributed by atoms with van der Waals surface area (Å²) in [6.07, 6.45) is -7.38. The molecule has 0 aliphatic carbocycles. The summed E-state index contributed by atoms with van der Waals surface area (Å²) < 4.78 is 63.2. The molecule has 1 unspecified atom stereocenters. The van der Waals surface area contributed by atoms with Crippen LogP contribution in [0.3, 0.4) is 0 Å². The van der Waals surface area contributed by atoms with E-state index in [2.05, 4.69) is 0 Å². The van der Waals surface area contributed by atoms with Crippen molar-refractivity contribution in [3.05, 3.63) is 35.4 Å². The largest absolute Gasteiger partial charge is 0.453 e. The highest BCUT2D eigenvalue weighted by Crippen LogP contribution is 2.44. The maximum Gasteiger partial charge on any atom is 0.453 e. The third-order valence-corrected chi connectivity index (χ3v) is 3.14. The minimum absolute atomic E-state index is 0.0962. The average molecular weight is 296 g/mol. The van der Waals surface area contributed by atoms with Crippen LogP contribution in [0.25, 0.3) is 0 Å². The Bertz CT molecular complexity index is 463. The zero-order chi connectivity index (χ0) is 15.8. The van der Waals surface area contributed by atoms with Gasteiger partial charge in [-0.3, -0.25) is 0 Å². The lowest BCUT2D eigenvalue weighted by Gasteiger charge is -2.32. The van der Waals surface area contributed by atoms with Crippen molar-refractivity contribution in [3.8, 4) is 0 Å². The van der Waals surface area contributed by atoms with Gasteiger partial charge in [-0.05, 0) is 24.0 Å². The van der Waals surface area contributed by atoms with Crippen LogP contribution in [0.5, 0.6) is 0 Å². The van der Waals surface area contributed by atoms with Gasteiger partial charge in [0, 0.05) is 0 Å². The van der Waals surface area contributed by atoms with Gasteiger partial charge in [0.2, 0.25) is 0 Å². The van der Waals surface area contributed by atoms with Gasteiger partial charge in [0.05, 0.1) is 12.0 Å². The Labute approximate surface area is 114 Å². The van der Waals surface area contributed by atoms with Crippen molar-refractivity contribution >= 4 is 0 Å². The molecule has 0 fully saturated rings. The Morgan fingerprint density at radius 1 is 1.05 bits per heavy atom. The zero-order valence-electron chi connectivity index (χ0n) is 11.4. The molecule has 1 atom stereocenters. The normalized spacial score (nSPS) is 16.3. The minimum Gasteiger partial charge on any atom is -0.385 e. The van der Waals surface area contributed by atoms with Gasteiger partial charge in [-0.15, -0.1) is 0 Å². The number of rotatable bonds is 4. The molecule has 1 rings (SSSR count). The summed E-state index contributed by atoms with van der Waals surface area (Å²) in [6.45, 7) is 4.53. The standard InChI is InChI=1S/C14H17F5O/c1-9(2)10-6-4-5-7-11(10)12(3,20)8-13(15,16)14(17,18)19/h4-7,9,20H,8H2,1-3H3. The van der Waals surface area contributed by atoms with Gasteiger partial charge < -0.3 is 5.11 Å². The SMILES string of the molecule is CC(C)c1ccccc1C(C)(O)CC(F)(F)C(F)(F)F. The van der Waals surface area contributed by atoms with E-state index < -0.39 is 24.1 Å². The van der Waals surface area contributed by atoms with Crippen LogP contribution >= 0.6 is 0 Å². The molecule has 0 bridgehead atoms. The van der Waals surface area contributed by atoms with E-state index in [1.807, 2.05) is 0 Å². The van der Waals surface area contributed by atoms with Crippen molar-refractivity contribution in [2.45, 2.75) is 50.8 Å². The first-order valence-electron chi connectivity index (χ1n) is 6.15. The molecular formula is C14H17F5O. The first-order chi connectivity index (χ1) is 8.88. The third kappa shape index (κ3) is 3.48. The van der Waals surface area contributed by atoms with Gasteiger partial charge in [-0.25, -0.2) is 0 Å². The van der Waals surface area contributed by atoms with Crippen molar-refractivity contribution in [3.63, 3.8) is 0 Å². The summed E-state index contributed by atoms with van der Waals surface area (Å²) in [5, 5.41) is 10.1. The lowest BCUT2D eigenvalue weighted by atomic mass is 9.83. The molecule has 114 valence electrons. The molecule has 1 nitrogen and oxygen atoms in total. The van der Waals surface area contributed by atoms with E-state index in [4.69, 9.17) is 0 Å². The first-order valence-corrected chi connectivity index (χ1v) is 6.15. The third-order valence-electron chi connectivity index (χ3n) is 3.14. The molecule has 0 saturated heterocycles. The fourth-order valence-corrected chi connectivity index (χ4v) is 2.12. The molecule has 1 aromatic carbocycles. The average Bonchev–Trinajstić information content (AvgIpc) is 2.26. The monoisotopic (exact) mass is 296 g/mol. The molecule has 0 radical (unpaired) electrons. The second-order valence-corrected chi connectivity index (χ2v) is 5.39. The van der Waals surface area contributed by atoms with E-state index in [0.717, 1.165) is 6.92 Å². The van der Waals surface area contributed by atoms with Crippen LogP contribution in [0.4, 0.5) is 22.0 Å². The Hall–Kier alpha value is -1.17. The van der Waals surface area contributed by atoms with Crippen molar-refractivity contribution in [2.24, 2.45) is 0 Å². The maximum absolute atomic E-state index is 13.2. The van der Waals surface area contributed by atoms with Crippen LogP contribution in [0.15, 0.2) is 24.3 Å². The minimum atomic E-state index is -5.68. The molecule has 6 heteroatoms. The summed E-state index contributed by atoms with van der Waals surface area (Å²) in [7, 11) is 0. The van der Waals surface area contributed by atoms with E-state index in [1.165, 1.54) is 12.1 Å². The Balaban J connectivity index is 3.18. The molecule has 1 N–H and O–H groups in total. The van der Waals surface area contributed by atoms with E-state index in [1.54, 1.807) is 26.0 Å². The second-order valence-electron chi connectivity index (χ2n) is 5.39. The molecule has 0 saturated carbocycles. The number of hydrogen-bond donors (Lipinski definition) is 1. The van der Waals surface area contributed by atoms with Crippen LogP contribution in [0.1, 0.15) is 44.2 Å². The highest BCUT2D eigenvalue weighted by molar-refractivity contribution is 5.34. The maximum atomic E-state index is 13.2. The van der Waals surface area contributed by atoms with Gasteiger partial charge in [-0.1, -0.05) is 38.1 Å². The van der Waals surface area contributed by atoms with E-state index in [-0.39, 0.29) is 11.5 Å². The molecule has 1 aromatic rings. The Morgan fingerprint density at radius 3 is 2.00 bits per heavy atom. The summed E-state index contributed by atoms with van der Waals surface area (Å²) in [5.41, 5.74) is -1.62. The van der Waals surface area contributed by atoms with Crippen molar-refractivity contribution < 1.29 is 27.1 Å². The smallest absolute Gasteiger partial charge is 0.385 e. The number of alkyl halides is 5. The highest BCUT2D eigenvalue weighted by Gasteiger charge is 2.60. The lowest BCUT2D eigenvalue weighted by Crippen LogP contribution is -2.43. The summed E-state index contributed by atoms with van der Waals surface area (Å²) >= 11 is 0. The van der Waals surface area contributed by atoms with Crippen LogP contribution in [0, 0.1) is 0 Å². The molecule has 0 spiro atoms. The van der Waals surface area contributed by atoms with Crippen molar-refractivity contribution in [2.75, 3.05) is 0 Å². The van der Waals surface area contributed by atoms with Crippen LogP contribution in [-0.4, -0.2) is 17.2 Å². The van der Waals surface area contributed by atoms with E-state index >= 15 is 0 Å². The van der Waals surface area contributed by atoms with Gasteiger partial charge in [-0.2, -0.15) is 22.0 Å². The number of halogens is 5. The van der Waals surface area contributed by atoms with Gasteiger partial charge >= 0.3 is 12.1 Å². The molecule has 0 aliphatic heterocycles. The topological polar surface area (TPSA) is 20.2 Å². The molecule has 0 amide bonds. The fraction of sp³-hybridized carbons (Fsp3) is 0.571. The van der Waals surface area contributed by atoms with Crippen LogP contribution < -0.4 is 0 Å². The Morgan fingerprint density at radius 2 is 1.55 bits per heavy atom. The van der Waals surface area contributed by atoms with Crippen LogP contribution in [0.2, 0.25) is 0 Å². The Kier molecular flexibility index (Phi) is 4.49. The van der Waals surface area contributed by atoms with E-state index in [9.17, 15) is 27.1 Å². The molecular weight excluding hydrogens is 279 g/mol. The predicted molar refractivity (Wildman–Crippen MR) is 65.7 cm³/mol. The molecule has 0 aromatic heterocycles. The highest BCUT2D eigenvalue weighted by atomic mass is 19.4. The predicted octanol–water partition coefficient (Wildman–Crippen LogP) is 4.61. The van der Waals surface area contributed by atoms with Crippen molar-refractivity contribution in [1.29, 1.82) is 0 Å².